The van der Waals surface area contributed by atoms with E-state index in [0.29, 0.717) is 5.75 Å². The molecule has 0 aliphatic heterocycles. The third-order valence-corrected chi connectivity index (χ3v) is 9.24. The van der Waals surface area contributed by atoms with Crippen molar-refractivity contribution in [3.05, 3.63) is 161 Å². The molecule has 37 heavy (non-hydrogen) atoms. The van der Waals surface area contributed by atoms with E-state index in [9.17, 15) is 5.11 Å². The van der Waals surface area contributed by atoms with E-state index in [4.69, 9.17) is 0 Å². The van der Waals surface area contributed by atoms with Crippen molar-refractivity contribution in [1.82, 2.24) is 0 Å². The number of fused-ring (bicyclic) bond motifs is 6. The minimum Gasteiger partial charge on any atom is -0.508 e. The number of aromatic hydroxyl groups is 1. The Morgan fingerprint density at radius 1 is 0.378 bits per heavy atom. The molecule has 0 aromatic heterocycles. The quantitative estimate of drug-likeness (QED) is 0.237. The zero-order valence-electron chi connectivity index (χ0n) is 20.1. The topological polar surface area (TPSA) is 20.2 Å². The standard InChI is InChI=1S/C36H22O/c37-23-20-22-10-9-19-32-34(22)33(21-23)36-30-17-7-3-13-26(30)24-11-1-5-15-28(24)35(32,36)29-16-6-2-12-25(29)27-14-4-8-18-31(27)36/h1-21,37H. The molecule has 6 aromatic rings. The minimum absolute atomic E-state index is 0.317. The fraction of sp³-hybridized carbons (Fsp3) is 0.0556. The van der Waals surface area contributed by atoms with Crippen molar-refractivity contribution in [1.29, 1.82) is 0 Å². The minimum atomic E-state index is -0.524. The summed E-state index contributed by atoms with van der Waals surface area (Å²) in [5.41, 5.74) is 11.9. The summed E-state index contributed by atoms with van der Waals surface area (Å²) >= 11 is 0. The van der Waals surface area contributed by atoms with Gasteiger partial charge in [0.05, 0.1) is 10.8 Å². The lowest BCUT2D eigenvalue weighted by Gasteiger charge is -2.56. The van der Waals surface area contributed by atoms with Gasteiger partial charge in [-0.05, 0) is 78.5 Å². The monoisotopic (exact) mass is 470 g/mol. The first-order valence-electron chi connectivity index (χ1n) is 12.9. The Morgan fingerprint density at radius 3 is 1.27 bits per heavy atom. The second-order valence-electron chi connectivity index (χ2n) is 10.6. The van der Waals surface area contributed by atoms with Gasteiger partial charge in [0.1, 0.15) is 5.75 Å². The van der Waals surface area contributed by atoms with Gasteiger partial charge in [-0.25, -0.2) is 0 Å². The van der Waals surface area contributed by atoms with Crippen LogP contribution in [0.15, 0.2) is 127 Å². The molecule has 1 nitrogen and oxygen atoms in total. The van der Waals surface area contributed by atoms with Gasteiger partial charge in [-0.15, -0.1) is 0 Å². The molecule has 0 spiro atoms. The second-order valence-corrected chi connectivity index (χ2v) is 10.6. The number of phenolic OH excluding ortho intramolecular Hbond substituents is 1. The molecule has 172 valence electrons. The van der Waals surface area contributed by atoms with Crippen LogP contribution in [0.5, 0.6) is 5.75 Å². The lowest BCUT2D eigenvalue weighted by molar-refractivity contribution is 0.428. The first-order valence-corrected chi connectivity index (χ1v) is 12.9. The Hall–Kier alpha value is -4.62. The van der Waals surface area contributed by atoms with E-state index in [2.05, 4.69) is 115 Å². The van der Waals surface area contributed by atoms with Gasteiger partial charge in [0.2, 0.25) is 0 Å². The molecule has 0 heterocycles. The van der Waals surface area contributed by atoms with Gasteiger partial charge in [-0.3, -0.25) is 0 Å². The van der Waals surface area contributed by atoms with E-state index in [1.54, 1.807) is 0 Å². The third-order valence-electron chi connectivity index (χ3n) is 9.24. The van der Waals surface area contributed by atoms with Gasteiger partial charge in [0.25, 0.3) is 0 Å². The van der Waals surface area contributed by atoms with Crippen LogP contribution in [0, 0.1) is 0 Å². The van der Waals surface area contributed by atoms with Crippen molar-refractivity contribution in [2.45, 2.75) is 10.8 Å². The van der Waals surface area contributed by atoms with E-state index >= 15 is 0 Å². The van der Waals surface area contributed by atoms with Crippen LogP contribution in [-0.4, -0.2) is 5.11 Å². The molecule has 0 fully saturated rings. The summed E-state index contributed by atoms with van der Waals surface area (Å²) < 4.78 is 0. The lowest BCUT2D eigenvalue weighted by atomic mass is 9.43. The molecule has 0 unspecified atom stereocenters. The predicted molar refractivity (Wildman–Crippen MR) is 149 cm³/mol. The molecular formula is C36H22O. The average molecular weight is 471 g/mol. The molecule has 1 N–H and O–H groups in total. The maximum absolute atomic E-state index is 11.1. The number of hydrogen-bond acceptors (Lipinski definition) is 1. The van der Waals surface area contributed by atoms with Crippen LogP contribution in [0.1, 0.15) is 33.4 Å². The second kappa shape index (κ2) is 6.38. The number of hydrogen-bond donors (Lipinski definition) is 1. The van der Waals surface area contributed by atoms with Crippen molar-refractivity contribution >= 4 is 10.8 Å². The number of benzene rings is 6. The summed E-state index contributed by atoms with van der Waals surface area (Å²) in [6, 6.07) is 46.5. The van der Waals surface area contributed by atoms with Crippen molar-refractivity contribution in [3.8, 4) is 28.0 Å². The summed E-state index contributed by atoms with van der Waals surface area (Å²) in [5.74, 6) is 0.317. The molecule has 9 rings (SSSR count). The van der Waals surface area contributed by atoms with E-state index < -0.39 is 10.8 Å². The normalized spacial score (nSPS) is 21.3. The van der Waals surface area contributed by atoms with Crippen LogP contribution in [-0.2, 0) is 10.8 Å². The van der Waals surface area contributed by atoms with Gasteiger partial charge in [0.15, 0.2) is 0 Å². The summed E-state index contributed by atoms with van der Waals surface area (Å²) in [6.07, 6.45) is 0. The van der Waals surface area contributed by atoms with Crippen molar-refractivity contribution in [2.24, 2.45) is 0 Å². The molecule has 0 saturated carbocycles. The summed E-state index contributed by atoms with van der Waals surface area (Å²) in [4.78, 5) is 0. The smallest absolute Gasteiger partial charge is 0.116 e. The van der Waals surface area contributed by atoms with Crippen LogP contribution >= 0.6 is 0 Å². The van der Waals surface area contributed by atoms with Crippen molar-refractivity contribution in [3.63, 3.8) is 0 Å². The number of phenols is 1. The molecule has 0 saturated heterocycles. The lowest BCUT2D eigenvalue weighted by Crippen LogP contribution is -2.54. The highest BCUT2D eigenvalue weighted by molar-refractivity contribution is 6.05. The van der Waals surface area contributed by atoms with E-state index in [-0.39, 0.29) is 0 Å². The Bertz CT molecular complexity index is 1870. The van der Waals surface area contributed by atoms with Crippen LogP contribution < -0.4 is 0 Å². The average Bonchev–Trinajstić information content (AvgIpc) is 3.23. The van der Waals surface area contributed by atoms with Gasteiger partial charge in [0, 0.05) is 0 Å². The first kappa shape index (κ1) is 19.6. The molecule has 0 bridgehead atoms. The summed E-state index contributed by atoms with van der Waals surface area (Å²) in [7, 11) is 0. The molecule has 1 heteroatoms. The summed E-state index contributed by atoms with van der Waals surface area (Å²) in [5, 5.41) is 13.5. The largest absolute Gasteiger partial charge is 0.508 e. The Labute approximate surface area is 215 Å². The zero-order valence-corrected chi connectivity index (χ0v) is 20.1. The molecule has 3 aliphatic carbocycles. The number of rotatable bonds is 0. The Morgan fingerprint density at radius 2 is 0.784 bits per heavy atom. The molecule has 0 amide bonds. The Balaban J connectivity index is 1.68. The van der Waals surface area contributed by atoms with E-state index in [1.165, 1.54) is 61.0 Å². The summed E-state index contributed by atoms with van der Waals surface area (Å²) in [6.45, 7) is 0. The van der Waals surface area contributed by atoms with Crippen LogP contribution in [0.25, 0.3) is 33.0 Å². The fourth-order valence-electron chi connectivity index (χ4n) is 8.28. The molecule has 3 aliphatic rings. The van der Waals surface area contributed by atoms with Crippen LogP contribution in [0.4, 0.5) is 0 Å². The van der Waals surface area contributed by atoms with Crippen molar-refractivity contribution < 1.29 is 5.11 Å². The van der Waals surface area contributed by atoms with E-state index in [0.717, 1.165) is 5.39 Å². The van der Waals surface area contributed by atoms with Crippen LogP contribution in [0.2, 0.25) is 0 Å². The SMILES string of the molecule is Oc1cc2c3c(cccc3c1)C13c4ccccc4-c4ccccc4C21c1ccccc1-c1ccccc13. The van der Waals surface area contributed by atoms with Gasteiger partial charge in [-0.1, -0.05) is 115 Å². The highest BCUT2D eigenvalue weighted by Gasteiger charge is 2.67. The van der Waals surface area contributed by atoms with Gasteiger partial charge < -0.3 is 5.11 Å². The molecule has 6 aromatic carbocycles. The van der Waals surface area contributed by atoms with Crippen molar-refractivity contribution in [2.75, 3.05) is 0 Å². The molecular weight excluding hydrogens is 448 g/mol. The highest BCUT2D eigenvalue weighted by atomic mass is 16.3. The van der Waals surface area contributed by atoms with Gasteiger partial charge >= 0.3 is 0 Å². The Kier molecular flexibility index (Phi) is 3.37. The predicted octanol–water partition coefficient (Wildman–Crippen LogP) is 8.19. The maximum Gasteiger partial charge on any atom is 0.116 e. The van der Waals surface area contributed by atoms with Crippen LogP contribution in [0.3, 0.4) is 0 Å². The zero-order chi connectivity index (χ0) is 24.4. The van der Waals surface area contributed by atoms with Gasteiger partial charge in [-0.2, -0.15) is 0 Å². The molecule has 0 atom stereocenters. The maximum atomic E-state index is 11.1. The third kappa shape index (κ3) is 1.93. The highest BCUT2D eigenvalue weighted by Crippen LogP contribution is 2.73. The fourth-order valence-corrected chi connectivity index (χ4v) is 8.28. The molecule has 0 radical (unpaired) electrons. The first-order chi connectivity index (χ1) is 18.3. The van der Waals surface area contributed by atoms with E-state index in [1.807, 2.05) is 12.1 Å².